The van der Waals surface area contributed by atoms with Gasteiger partial charge in [-0.25, -0.2) is 4.98 Å². The summed E-state index contributed by atoms with van der Waals surface area (Å²) >= 11 is 3.51. The zero-order valence-electron chi connectivity index (χ0n) is 13.4. The second kappa shape index (κ2) is 7.49. The maximum absolute atomic E-state index is 12.3. The predicted molar refractivity (Wildman–Crippen MR) is 99.8 cm³/mol. The molecular formula is C18H19BrN4O. The van der Waals surface area contributed by atoms with E-state index in [9.17, 15) is 4.79 Å². The molecule has 6 heteroatoms. The van der Waals surface area contributed by atoms with Crippen molar-refractivity contribution in [3.05, 3.63) is 58.6 Å². The van der Waals surface area contributed by atoms with Crippen LogP contribution in [0.2, 0.25) is 0 Å². The van der Waals surface area contributed by atoms with E-state index in [1.54, 1.807) is 4.90 Å². The number of imidazole rings is 1. The minimum Gasteiger partial charge on any atom is -0.355 e. The van der Waals surface area contributed by atoms with Gasteiger partial charge in [-0.1, -0.05) is 46.3 Å². The summed E-state index contributed by atoms with van der Waals surface area (Å²) in [7, 11) is 1.82. The second-order valence-electron chi connectivity index (χ2n) is 5.62. The van der Waals surface area contributed by atoms with Gasteiger partial charge in [-0.3, -0.25) is 4.79 Å². The Bertz CT molecular complexity index is 813. The number of benzene rings is 2. The highest BCUT2D eigenvalue weighted by Crippen LogP contribution is 2.17. The molecular weight excluding hydrogens is 368 g/mol. The SMILES string of the molecule is CN(Cc1ccccc1Br)C(=O)CCNc1nc2ccccc2[nH]1. The molecule has 1 heterocycles. The van der Waals surface area contributed by atoms with Gasteiger partial charge in [-0.2, -0.15) is 0 Å². The fourth-order valence-electron chi connectivity index (χ4n) is 2.49. The highest BCUT2D eigenvalue weighted by atomic mass is 79.9. The zero-order chi connectivity index (χ0) is 16.9. The van der Waals surface area contributed by atoms with Crippen LogP contribution < -0.4 is 5.32 Å². The zero-order valence-corrected chi connectivity index (χ0v) is 15.0. The van der Waals surface area contributed by atoms with E-state index in [2.05, 4.69) is 31.2 Å². The lowest BCUT2D eigenvalue weighted by atomic mass is 10.2. The lowest BCUT2D eigenvalue weighted by Crippen LogP contribution is -2.28. The predicted octanol–water partition coefficient (Wildman–Crippen LogP) is 3.79. The number of aromatic nitrogens is 2. The van der Waals surface area contributed by atoms with Crippen molar-refractivity contribution < 1.29 is 4.79 Å². The van der Waals surface area contributed by atoms with Gasteiger partial charge < -0.3 is 15.2 Å². The lowest BCUT2D eigenvalue weighted by molar-refractivity contribution is -0.130. The summed E-state index contributed by atoms with van der Waals surface area (Å²) in [5.41, 5.74) is 2.99. The van der Waals surface area contributed by atoms with Crippen LogP contribution in [0.3, 0.4) is 0 Å². The van der Waals surface area contributed by atoms with Gasteiger partial charge in [0.25, 0.3) is 0 Å². The number of rotatable bonds is 6. The number of carbonyl (C=O) groups is 1. The van der Waals surface area contributed by atoms with Gasteiger partial charge in [0.1, 0.15) is 0 Å². The third-order valence-electron chi connectivity index (χ3n) is 3.81. The number of anilines is 1. The standard InChI is InChI=1S/C18H19BrN4O/c1-23(12-13-6-2-3-7-14(13)19)17(24)10-11-20-18-21-15-8-4-5-9-16(15)22-18/h2-9H,10-12H2,1H3,(H2,20,21,22). The average Bonchev–Trinajstić information content (AvgIpc) is 2.99. The van der Waals surface area contributed by atoms with Crippen LogP contribution in [0.1, 0.15) is 12.0 Å². The van der Waals surface area contributed by atoms with E-state index in [-0.39, 0.29) is 5.91 Å². The van der Waals surface area contributed by atoms with Gasteiger partial charge in [0.15, 0.2) is 0 Å². The molecule has 1 amide bonds. The number of carbonyl (C=O) groups excluding carboxylic acids is 1. The molecule has 0 fully saturated rings. The molecule has 0 unspecified atom stereocenters. The third kappa shape index (κ3) is 3.94. The van der Waals surface area contributed by atoms with Crippen LogP contribution in [-0.4, -0.2) is 34.4 Å². The quantitative estimate of drug-likeness (QED) is 0.677. The molecule has 1 aromatic heterocycles. The van der Waals surface area contributed by atoms with Crippen molar-refractivity contribution in [3.63, 3.8) is 0 Å². The Balaban J connectivity index is 1.50. The number of nitrogens with zero attached hydrogens (tertiary/aromatic N) is 2. The average molecular weight is 387 g/mol. The first kappa shape index (κ1) is 16.5. The second-order valence-corrected chi connectivity index (χ2v) is 6.47. The molecule has 24 heavy (non-hydrogen) atoms. The monoisotopic (exact) mass is 386 g/mol. The molecule has 0 saturated carbocycles. The molecule has 2 aromatic carbocycles. The van der Waals surface area contributed by atoms with Crippen LogP contribution >= 0.6 is 15.9 Å². The summed E-state index contributed by atoms with van der Waals surface area (Å²) in [5, 5.41) is 3.17. The van der Waals surface area contributed by atoms with Crippen LogP contribution in [0.4, 0.5) is 5.95 Å². The number of nitrogens with one attached hydrogen (secondary N) is 2. The number of aromatic amines is 1. The van der Waals surface area contributed by atoms with E-state index in [0.717, 1.165) is 21.1 Å². The van der Waals surface area contributed by atoms with Crippen molar-refractivity contribution in [2.75, 3.05) is 18.9 Å². The highest BCUT2D eigenvalue weighted by molar-refractivity contribution is 9.10. The summed E-state index contributed by atoms with van der Waals surface area (Å²) in [6.07, 6.45) is 0.415. The number of fused-ring (bicyclic) bond motifs is 1. The van der Waals surface area contributed by atoms with E-state index in [1.807, 2.05) is 55.6 Å². The molecule has 2 N–H and O–H groups in total. The van der Waals surface area contributed by atoms with E-state index in [4.69, 9.17) is 0 Å². The van der Waals surface area contributed by atoms with Gasteiger partial charge in [0, 0.05) is 31.0 Å². The van der Waals surface area contributed by atoms with E-state index in [1.165, 1.54) is 0 Å². The minimum atomic E-state index is 0.0920. The Kier molecular flexibility index (Phi) is 5.15. The largest absolute Gasteiger partial charge is 0.355 e. The van der Waals surface area contributed by atoms with Crippen molar-refractivity contribution in [2.24, 2.45) is 0 Å². The summed E-state index contributed by atoms with van der Waals surface area (Å²) in [5.74, 6) is 0.784. The maximum atomic E-state index is 12.3. The number of H-pyrrole nitrogens is 1. The first-order valence-electron chi connectivity index (χ1n) is 7.79. The van der Waals surface area contributed by atoms with Crippen LogP contribution in [-0.2, 0) is 11.3 Å². The third-order valence-corrected chi connectivity index (χ3v) is 4.59. The maximum Gasteiger partial charge on any atom is 0.224 e. The Labute approximate surface area is 149 Å². The molecule has 3 aromatic rings. The molecule has 0 aliphatic rings. The van der Waals surface area contributed by atoms with E-state index >= 15 is 0 Å². The fraction of sp³-hybridized carbons (Fsp3) is 0.222. The number of hydrogen-bond donors (Lipinski definition) is 2. The van der Waals surface area contributed by atoms with Crippen molar-refractivity contribution >= 4 is 38.8 Å². The number of amides is 1. The number of hydrogen-bond acceptors (Lipinski definition) is 3. The molecule has 124 valence electrons. The molecule has 0 spiro atoms. The molecule has 5 nitrogen and oxygen atoms in total. The van der Waals surface area contributed by atoms with Crippen LogP contribution in [0.15, 0.2) is 53.0 Å². The normalized spacial score (nSPS) is 10.8. The van der Waals surface area contributed by atoms with Gasteiger partial charge in [0.05, 0.1) is 11.0 Å². The van der Waals surface area contributed by atoms with E-state index < -0.39 is 0 Å². The van der Waals surface area contributed by atoms with Gasteiger partial charge in [0.2, 0.25) is 11.9 Å². The fourth-order valence-corrected chi connectivity index (χ4v) is 2.90. The molecule has 0 bridgehead atoms. The number of para-hydroxylation sites is 2. The molecule has 0 radical (unpaired) electrons. The van der Waals surface area contributed by atoms with Gasteiger partial charge >= 0.3 is 0 Å². The number of halogens is 1. The smallest absolute Gasteiger partial charge is 0.224 e. The lowest BCUT2D eigenvalue weighted by Gasteiger charge is -2.18. The summed E-state index contributed by atoms with van der Waals surface area (Å²) in [6, 6.07) is 15.8. The van der Waals surface area contributed by atoms with Crippen molar-refractivity contribution in [3.8, 4) is 0 Å². The van der Waals surface area contributed by atoms with Crippen LogP contribution in [0.5, 0.6) is 0 Å². The molecule has 0 aliphatic heterocycles. The van der Waals surface area contributed by atoms with Gasteiger partial charge in [-0.15, -0.1) is 0 Å². The Morgan fingerprint density at radius 1 is 1.21 bits per heavy atom. The summed E-state index contributed by atoms with van der Waals surface area (Å²) < 4.78 is 1.02. The Morgan fingerprint density at radius 2 is 1.96 bits per heavy atom. The van der Waals surface area contributed by atoms with Crippen molar-refractivity contribution in [1.29, 1.82) is 0 Å². The van der Waals surface area contributed by atoms with E-state index in [0.29, 0.717) is 25.5 Å². The molecule has 3 rings (SSSR count). The molecule has 0 saturated heterocycles. The molecule has 0 aliphatic carbocycles. The summed E-state index contributed by atoms with van der Waals surface area (Å²) in [4.78, 5) is 21.6. The topological polar surface area (TPSA) is 61.0 Å². The van der Waals surface area contributed by atoms with Crippen molar-refractivity contribution in [1.82, 2.24) is 14.9 Å². The minimum absolute atomic E-state index is 0.0920. The first-order valence-corrected chi connectivity index (χ1v) is 8.59. The highest BCUT2D eigenvalue weighted by Gasteiger charge is 2.11. The Hall–Kier alpha value is -2.34. The van der Waals surface area contributed by atoms with Crippen molar-refractivity contribution in [2.45, 2.75) is 13.0 Å². The first-order chi connectivity index (χ1) is 11.6. The van der Waals surface area contributed by atoms with Gasteiger partial charge in [-0.05, 0) is 23.8 Å². The molecule has 0 atom stereocenters. The Morgan fingerprint density at radius 3 is 2.75 bits per heavy atom. The van der Waals surface area contributed by atoms with Crippen LogP contribution in [0.25, 0.3) is 11.0 Å². The van der Waals surface area contributed by atoms with Crippen LogP contribution in [0, 0.1) is 0 Å². The summed E-state index contributed by atoms with van der Waals surface area (Å²) in [6.45, 7) is 1.13.